The van der Waals surface area contributed by atoms with E-state index in [9.17, 15) is 14.4 Å². The molecule has 1 aliphatic rings. The van der Waals surface area contributed by atoms with Crippen molar-refractivity contribution in [2.45, 2.75) is 33.2 Å². The number of carboxylic acids is 1. The minimum Gasteiger partial charge on any atom is -0.478 e. The molecule has 2 N–H and O–H groups in total. The van der Waals surface area contributed by atoms with Gasteiger partial charge in [0.2, 0.25) is 5.91 Å². The third-order valence-corrected chi connectivity index (χ3v) is 3.72. The fraction of sp³-hybridized carbons (Fsp3) is 0.533. The van der Waals surface area contributed by atoms with Gasteiger partial charge in [0.1, 0.15) is 17.4 Å². The summed E-state index contributed by atoms with van der Waals surface area (Å²) in [5, 5.41) is 11.9. The number of amides is 2. The van der Waals surface area contributed by atoms with Gasteiger partial charge in [-0.1, -0.05) is 20.8 Å². The first kappa shape index (κ1) is 16.1. The number of hydrogen-bond acceptors (Lipinski definition) is 4. The van der Waals surface area contributed by atoms with Gasteiger partial charge in [-0.25, -0.2) is 4.79 Å². The summed E-state index contributed by atoms with van der Waals surface area (Å²) in [5.41, 5.74) is -0.00610. The van der Waals surface area contributed by atoms with Gasteiger partial charge in [0.05, 0.1) is 0 Å². The second-order valence-electron chi connectivity index (χ2n) is 5.58. The van der Waals surface area contributed by atoms with Crippen molar-refractivity contribution in [3.63, 3.8) is 0 Å². The van der Waals surface area contributed by atoms with Crippen molar-refractivity contribution in [3.05, 3.63) is 23.2 Å². The molecule has 7 nitrogen and oxygen atoms in total. The van der Waals surface area contributed by atoms with Crippen LogP contribution in [0.3, 0.4) is 0 Å². The number of carbonyl (C=O) groups is 3. The third-order valence-electron chi connectivity index (χ3n) is 3.72. The van der Waals surface area contributed by atoms with E-state index in [1.54, 1.807) is 6.92 Å². The normalized spacial score (nSPS) is 18.5. The molecular weight excluding hydrogens is 288 g/mol. The zero-order chi connectivity index (χ0) is 16.4. The van der Waals surface area contributed by atoms with E-state index in [1.807, 2.05) is 13.8 Å². The maximum atomic E-state index is 12.6. The average Bonchev–Trinajstić information content (AvgIpc) is 2.90. The van der Waals surface area contributed by atoms with Crippen LogP contribution in [0.4, 0.5) is 0 Å². The molecule has 1 atom stereocenters. The van der Waals surface area contributed by atoms with Crippen molar-refractivity contribution in [2.75, 3.05) is 13.1 Å². The maximum Gasteiger partial charge on any atom is 0.339 e. The van der Waals surface area contributed by atoms with Gasteiger partial charge in [-0.05, 0) is 5.92 Å². The van der Waals surface area contributed by atoms with Crippen LogP contribution in [0.5, 0.6) is 0 Å². The Bertz CT molecular complexity index is 605. The second kappa shape index (κ2) is 6.21. The van der Waals surface area contributed by atoms with Gasteiger partial charge in [-0.3, -0.25) is 9.59 Å². The molecule has 1 aromatic heterocycles. The van der Waals surface area contributed by atoms with Gasteiger partial charge in [0.25, 0.3) is 5.91 Å². The summed E-state index contributed by atoms with van der Waals surface area (Å²) in [6.45, 7) is 6.22. The summed E-state index contributed by atoms with van der Waals surface area (Å²) in [4.78, 5) is 37.2. The highest BCUT2D eigenvalue weighted by atomic mass is 16.4. The number of rotatable bonds is 4. The van der Waals surface area contributed by atoms with Crippen LogP contribution in [0, 0.1) is 5.92 Å². The maximum absolute atomic E-state index is 12.6. The molecule has 0 aromatic carbocycles. The van der Waals surface area contributed by atoms with Gasteiger partial charge >= 0.3 is 5.97 Å². The van der Waals surface area contributed by atoms with Crippen molar-refractivity contribution in [3.8, 4) is 0 Å². The summed E-state index contributed by atoms with van der Waals surface area (Å²) >= 11 is 0. The molecule has 1 saturated heterocycles. The standard InChI is InChI=1S/C15H20N2O5/c1-4-10-9(15(20)21)7-11(22-10)14(19)17-6-5-16-13(18)12(17)8(2)3/h7-8,12H,4-6H2,1-3H3,(H,16,18)(H,20,21). The Kier molecular flexibility index (Phi) is 4.54. The van der Waals surface area contributed by atoms with E-state index in [1.165, 1.54) is 11.0 Å². The fourth-order valence-electron chi connectivity index (χ4n) is 2.69. The first-order valence-corrected chi connectivity index (χ1v) is 7.31. The van der Waals surface area contributed by atoms with Gasteiger partial charge in [0.15, 0.2) is 5.76 Å². The van der Waals surface area contributed by atoms with Gasteiger partial charge in [0, 0.05) is 25.6 Å². The highest BCUT2D eigenvalue weighted by Crippen LogP contribution is 2.22. The lowest BCUT2D eigenvalue weighted by atomic mass is 9.99. The highest BCUT2D eigenvalue weighted by molar-refractivity contribution is 5.99. The van der Waals surface area contributed by atoms with E-state index in [4.69, 9.17) is 9.52 Å². The topological polar surface area (TPSA) is 99.9 Å². The summed E-state index contributed by atoms with van der Waals surface area (Å²) in [6.07, 6.45) is 0.378. The minimum absolute atomic E-state index is 0.00610. The third kappa shape index (κ3) is 2.84. The zero-order valence-electron chi connectivity index (χ0n) is 12.9. The number of aryl methyl sites for hydroxylation is 1. The van der Waals surface area contributed by atoms with Crippen molar-refractivity contribution >= 4 is 17.8 Å². The lowest BCUT2D eigenvalue weighted by molar-refractivity contribution is -0.129. The van der Waals surface area contributed by atoms with Crippen LogP contribution in [0.15, 0.2) is 10.5 Å². The smallest absolute Gasteiger partial charge is 0.339 e. The second-order valence-corrected chi connectivity index (χ2v) is 5.58. The summed E-state index contributed by atoms with van der Waals surface area (Å²) in [6, 6.07) is 0.664. The number of carboxylic acid groups (broad SMARTS) is 1. The van der Waals surface area contributed by atoms with E-state index < -0.39 is 17.9 Å². The van der Waals surface area contributed by atoms with Gasteiger partial charge in [-0.2, -0.15) is 0 Å². The molecule has 2 rings (SSSR count). The highest BCUT2D eigenvalue weighted by Gasteiger charge is 2.37. The number of hydrogen-bond donors (Lipinski definition) is 2. The first-order valence-electron chi connectivity index (χ1n) is 7.31. The molecule has 7 heteroatoms. The van der Waals surface area contributed by atoms with Crippen molar-refractivity contribution in [2.24, 2.45) is 5.92 Å². The summed E-state index contributed by atoms with van der Waals surface area (Å²) in [7, 11) is 0. The number of nitrogens with zero attached hydrogens (tertiary/aromatic N) is 1. The van der Waals surface area contributed by atoms with Gasteiger partial charge < -0.3 is 19.7 Å². The largest absolute Gasteiger partial charge is 0.478 e. The lowest BCUT2D eigenvalue weighted by Crippen LogP contribution is -2.59. The van der Waals surface area contributed by atoms with Gasteiger partial charge in [-0.15, -0.1) is 0 Å². The number of furan rings is 1. The number of carbonyl (C=O) groups excluding carboxylic acids is 2. The Labute approximate surface area is 128 Å². The Morgan fingerprint density at radius 3 is 2.68 bits per heavy atom. The molecule has 0 bridgehead atoms. The number of nitrogens with one attached hydrogen (secondary N) is 1. The Morgan fingerprint density at radius 2 is 2.18 bits per heavy atom. The molecule has 22 heavy (non-hydrogen) atoms. The Hall–Kier alpha value is -2.31. The molecule has 0 radical (unpaired) electrons. The molecule has 1 unspecified atom stereocenters. The van der Waals surface area contributed by atoms with E-state index in [0.29, 0.717) is 19.5 Å². The molecule has 1 aromatic rings. The Morgan fingerprint density at radius 1 is 1.50 bits per heavy atom. The Balaban J connectivity index is 2.34. The van der Waals surface area contributed by atoms with E-state index in [0.717, 1.165) is 0 Å². The average molecular weight is 308 g/mol. The van der Waals surface area contributed by atoms with Crippen LogP contribution in [0.1, 0.15) is 47.4 Å². The van der Waals surface area contributed by atoms with Crippen molar-refractivity contribution < 1.29 is 23.9 Å². The van der Waals surface area contributed by atoms with E-state index in [2.05, 4.69) is 5.32 Å². The monoisotopic (exact) mass is 308 g/mol. The van der Waals surface area contributed by atoms with Crippen LogP contribution in [-0.2, 0) is 11.2 Å². The molecule has 2 heterocycles. The molecule has 0 aliphatic carbocycles. The number of piperazine rings is 1. The summed E-state index contributed by atoms with van der Waals surface area (Å²) < 4.78 is 5.40. The van der Waals surface area contributed by atoms with Crippen LogP contribution >= 0.6 is 0 Å². The molecule has 2 amide bonds. The first-order chi connectivity index (χ1) is 10.4. The van der Waals surface area contributed by atoms with Crippen LogP contribution in [0.25, 0.3) is 0 Å². The quantitative estimate of drug-likeness (QED) is 0.868. The predicted molar refractivity (Wildman–Crippen MR) is 77.7 cm³/mol. The minimum atomic E-state index is -1.13. The van der Waals surface area contributed by atoms with E-state index >= 15 is 0 Å². The molecular formula is C15H20N2O5. The molecule has 1 aliphatic heterocycles. The molecule has 0 saturated carbocycles. The summed E-state index contributed by atoms with van der Waals surface area (Å²) in [5.74, 6) is -1.60. The molecule has 0 spiro atoms. The van der Waals surface area contributed by atoms with E-state index in [-0.39, 0.29) is 28.9 Å². The zero-order valence-corrected chi connectivity index (χ0v) is 12.9. The number of aromatic carboxylic acids is 1. The fourth-order valence-corrected chi connectivity index (χ4v) is 2.69. The van der Waals surface area contributed by atoms with Crippen molar-refractivity contribution in [1.82, 2.24) is 10.2 Å². The molecule has 120 valence electrons. The SMILES string of the molecule is CCc1oc(C(=O)N2CCNC(=O)C2C(C)C)cc1C(=O)O. The molecule has 1 fully saturated rings. The predicted octanol–water partition coefficient (Wildman–Crippen LogP) is 1.14. The lowest BCUT2D eigenvalue weighted by Gasteiger charge is -2.36. The van der Waals surface area contributed by atoms with Crippen LogP contribution in [-0.4, -0.2) is 46.9 Å². The van der Waals surface area contributed by atoms with Crippen LogP contribution < -0.4 is 5.32 Å². The van der Waals surface area contributed by atoms with Crippen molar-refractivity contribution in [1.29, 1.82) is 0 Å². The van der Waals surface area contributed by atoms with Crippen LogP contribution in [0.2, 0.25) is 0 Å².